The van der Waals surface area contributed by atoms with Crippen LogP contribution in [0.15, 0.2) is 67.0 Å². The van der Waals surface area contributed by atoms with Crippen LogP contribution >= 0.6 is 0 Å². The molecular formula is C26H29N3O. The van der Waals surface area contributed by atoms with Crippen molar-refractivity contribution in [2.45, 2.75) is 38.1 Å². The molecule has 1 saturated heterocycles. The highest BCUT2D eigenvalue weighted by molar-refractivity contribution is 5.61. The minimum atomic E-state index is 0.476. The lowest BCUT2D eigenvalue weighted by Crippen LogP contribution is -2.27. The van der Waals surface area contributed by atoms with Crippen molar-refractivity contribution in [3.8, 4) is 17.1 Å². The van der Waals surface area contributed by atoms with Gasteiger partial charge in [0.05, 0.1) is 6.61 Å². The average Bonchev–Trinajstić information content (AvgIpc) is 3.28. The third-order valence-corrected chi connectivity index (χ3v) is 6.48. The van der Waals surface area contributed by atoms with E-state index in [-0.39, 0.29) is 0 Å². The summed E-state index contributed by atoms with van der Waals surface area (Å²) in [6.07, 6.45) is 8.76. The van der Waals surface area contributed by atoms with Crippen LogP contribution in [0.1, 0.15) is 42.7 Å². The van der Waals surface area contributed by atoms with Crippen LogP contribution in [0, 0.1) is 5.92 Å². The van der Waals surface area contributed by atoms with E-state index in [9.17, 15) is 0 Å². The number of nitrogens with zero attached hydrogens (tertiary/aromatic N) is 3. The normalized spacial score (nSPS) is 21.3. The zero-order valence-corrected chi connectivity index (χ0v) is 17.4. The first-order valence-corrected chi connectivity index (χ1v) is 11.1. The van der Waals surface area contributed by atoms with Gasteiger partial charge in [-0.25, -0.2) is 9.97 Å². The molecule has 3 aromatic rings. The molecule has 2 aromatic carbocycles. The van der Waals surface area contributed by atoms with E-state index in [1.807, 2.05) is 30.6 Å². The standard InChI is InChI=1S/C26H29N3O/c1-2-6-22(7-3-1)25-16-27-26(28-17-25)30-19-21-14-24(15-21)23-10-8-20(9-11-23)18-29-12-4-5-13-29/h1-3,6-11,16-17,21,24H,4-5,12-15,18-19H2. The summed E-state index contributed by atoms with van der Waals surface area (Å²) in [7, 11) is 0. The Labute approximate surface area is 178 Å². The molecule has 0 bridgehead atoms. The first-order chi connectivity index (χ1) is 14.8. The van der Waals surface area contributed by atoms with Crippen molar-refractivity contribution in [1.82, 2.24) is 14.9 Å². The molecule has 0 atom stereocenters. The molecule has 0 unspecified atom stereocenters. The SMILES string of the molecule is c1ccc(-c2cnc(OCC3CC(c4ccc(CN5CCCC5)cc4)C3)nc2)cc1. The van der Waals surface area contributed by atoms with Crippen LogP contribution in [0.2, 0.25) is 0 Å². The molecular weight excluding hydrogens is 370 g/mol. The molecule has 0 spiro atoms. The van der Waals surface area contributed by atoms with Crippen LogP contribution in [0.5, 0.6) is 6.01 Å². The van der Waals surface area contributed by atoms with Gasteiger partial charge in [-0.3, -0.25) is 4.90 Å². The van der Waals surface area contributed by atoms with Gasteiger partial charge in [-0.2, -0.15) is 0 Å². The molecule has 4 nitrogen and oxygen atoms in total. The summed E-state index contributed by atoms with van der Waals surface area (Å²) in [5, 5.41) is 0. The van der Waals surface area contributed by atoms with Gasteiger partial charge in [0.1, 0.15) is 0 Å². The summed E-state index contributed by atoms with van der Waals surface area (Å²) in [6, 6.07) is 20.0. The topological polar surface area (TPSA) is 38.2 Å². The molecule has 0 N–H and O–H groups in total. The molecule has 0 amide bonds. The van der Waals surface area contributed by atoms with Gasteiger partial charge in [-0.1, -0.05) is 54.6 Å². The molecule has 4 heteroatoms. The smallest absolute Gasteiger partial charge is 0.316 e. The van der Waals surface area contributed by atoms with Gasteiger partial charge in [0.25, 0.3) is 0 Å². The first kappa shape index (κ1) is 19.3. The Bertz CT molecular complexity index is 928. The lowest BCUT2D eigenvalue weighted by molar-refractivity contribution is 0.149. The third-order valence-electron chi connectivity index (χ3n) is 6.48. The number of aromatic nitrogens is 2. The monoisotopic (exact) mass is 399 g/mol. The highest BCUT2D eigenvalue weighted by Crippen LogP contribution is 2.41. The van der Waals surface area contributed by atoms with Gasteiger partial charge in [0, 0.05) is 24.5 Å². The van der Waals surface area contributed by atoms with Gasteiger partial charge in [-0.05, 0) is 67.3 Å². The van der Waals surface area contributed by atoms with E-state index < -0.39 is 0 Å². The van der Waals surface area contributed by atoms with Crippen LogP contribution in [0.25, 0.3) is 11.1 Å². The minimum Gasteiger partial charge on any atom is -0.463 e. The van der Waals surface area contributed by atoms with Crippen molar-refractivity contribution >= 4 is 0 Å². The van der Waals surface area contributed by atoms with Crippen molar-refractivity contribution in [2.24, 2.45) is 5.92 Å². The summed E-state index contributed by atoms with van der Waals surface area (Å²) in [4.78, 5) is 11.3. The molecule has 1 saturated carbocycles. The highest BCUT2D eigenvalue weighted by atomic mass is 16.5. The molecule has 2 aliphatic rings. The van der Waals surface area contributed by atoms with E-state index in [4.69, 9.17) is 4.74 Å². The summed E-state index contributed by atoms with van der Waals surface area (Å²) in [5.41, 5.74) is 5.05. The van der Waals surface area contributed by atoms with E-state index in [1.165, 1.54) is 49.9 Å². The molecule has 2 heterocycles. The Balaban J connectivity index is 1.07. The van der Waals surface area contributed by atoms with Crippen molar-refractivity contribution in [2.75, 3.05) is 19.7 Å². The number of hydrogen-bond donors (Lipinski definition) is 0. The molecule has 2 fully saturated rings. The second kappa shape index (κ2) is 8.97. The average molecular weight is 400 g/mol. The Kier molecular flexibility index (Phi) is 5.76. The third kappa shape index (κ3) is 4.54. The maximum absolute atomic E-state index is 5.85. The second-order valence-electron chi connectivity index (χ2n) is 8.69. The van der Waals surface area contributed by atoms with Gasteiger partial charge in [0.15, 0.2) is 0 Å². The zero-order valence-electron chi connectivity index (χ0n) is 17.4. The lowest BCUT2D eigenvalue weighted by Gasteiger charge is -2.35. The Hall–Kier alpha value is -2.72. The largest absolute Gasteiger partial charge is 0.463 e. The number of rotatable bonds is 7. The predicted molar refractivity (Wildman–Crippen MR) is 119 cm³/mol. The predicted octanol–water partition coefficient (Wildman–Crippen LogP) is 5.31. The fourth-order valence-electron chi connectivity index (χ4n) is 4.60. The van der Waals surface area contributed by atoms with Gasteiger partial charge >= 0.3 is 6.01 Å². The van der Waals surface area contributed by atoms with E-state index in [0.29, 0.717) is 24.5 Å². The molecule has 5 rings (SSSR count). The van der Waals surface area contributed by atoms with E-state index >= 15 is 0 Å². The summed E-state index contributed by atoms with van der Waals surface area (Å²) < 4.78 is 5.85. The quantitative estimate of drug-likeness (QED) is 0.539. The maximum atomic E-state index is 5.85. The molecule has 154 valence electrons. The lowest BCUT2D eigenvalue weighted by atomic mass is 9.72. The molecule has 0 radical (unpaired) electrons. The van der Waals surface area contributed by atoms with Crippen molar-refractivity contribution in [3.05, 3.63) is 78.1 Å². The van der Waals surface area contributed by atoms with Crippen LogP contribution in [-0.4, -0.2) is 34.6 Å². The van der Waals surface area contributed by atoms with Crippen molar-refractivity contribution in [1.29, 1.82) is 0 Å². The second-order valence-corrected chi connectivity index (χ2v) is 8.69. The summed E-state index contributed by atoms with van der Waals surface area (Å²) in [6.45, 7) is 4.31. The number of benzene rings is 2. The fraction of sp³-hybridized carbons (Fsp3) is 0.385. The molecule has 1 aliphatic carbocycles. The van der Waals surface area contributed by atoms with Crippen molar-refractivity contribution < 1.29 is 4.74 Å². The number of likely N-dealkylation sites (tertiary alicyclic amines) is 1. The number of hydrogen-bond acceptors (Lipinski definition) is 4. The highest BCUT2D eigenvalue weighted by Gasteiger charge is 2.31. The first-order valence-electron chi connectivity index (χ1n) is 11.1. The van der Waals surface area contributed by atoms with Crippen LogP contribution in [0.3, 0.4) is 0 Å². The number of ether oxygens (including phenoxy) is 1. The maximum Gasteiger partial charge on any atom is 0.316 e. The minimum absolute atomic E-state index is 0.476. The van der Waals surface area contributed by atoms with E-state index in [0.717, 1.165) is 17.7 Å². The van der Waals surface area contributed by atoms with E-state index in [1.54, 1.807) is 0 Å². The molecule has 1 aromatic heterocycles. The van der Waals surface area contributed by atoms with Gasteiger partial charge in [-0.15, -0.1) is 0 Å². The summed E-state index contributed by atoms with van der Waals surface area (Å²) >= 11 is 0. The Morgan fingerprint density at radius 3 is 2.23 bits per heavy atom. The van der Waals surface area contributed by atoms with Gasteiger partial charge in [0.2, 0.25) is 0 Å². The molecule has 1 aliphatic heterocycles. The van der Waals surface area contributed by atoms with Crippen molar-refractivity contribution in [3.63, 3.8) is 0 Å². The van der Waals surface area contributed by atoms with Crippen LogP contribution in [-0.2, 0) is 6.54 Å². The van der Waals surface area contributed by atoms with Gasteiger partial charge < -0.3 is 4.74 Å². The van der Waals surface area contributed by atoms with Crippen LogP contribution in [0.4, 0.5) is 0 Å². The Morgan fingerprint density at radius 1 is 0.833 bits per heavy atom. The Morgan fingerprint density at radius 2 is 1.53 bits per heavy atom. The zero-order chi connectivity index (χ0) is 20.2. The fourth-order valence-corrected chi connectivity index (χ4v) is 4.60. The summed E-state index contributed by atoms with van der Waals surface area (Å²) in [5.74, 6) is 1.26. The van der Waals surface area contributed by atoms with Crippen LogP contribution < -0.4 is 4.74 Å². The molecule has 30 heavy (non-hydrogen) atoms. The van der Waals surface area contributed by atoms with E-state index in [2.05, 4.69) is 51.3 Å².